The lowest BCUT2D eigenvalue weighted by molar-refractivity contribution is -0.153. The van der Waals surface area contributed by atoms with Crippen molar-refractivity contribution in [2.75, 3.05) is 18.3 Å². The number of hydrogen-bond donors (Lipinski definition) is 1. The van der Waals surface area contributed by atoms with Gasteiger partial charge in [-0.05, 0) is 24.6 Å². The van der Waals surface area contributed by atoms with Gasteiger partial charge < -0.3 is 9.84 Å². The molecule has 1 atom stereocenters. The molecule has 1 unspecified atom stereocenters. The summed E-state index contributed by atoms with van der Waals surface area (Å²) in [6, 6.07) is 6.43. The van der Waals surface area contributed by atoms with Crippen LogP contribution in [-0.2, 0) is 19.2 Å². The van der Waals surface area contributed by atoms with Gasteiger partial charge in [0.05, 0.1) is 25.3 Å². The van der Waals surface area contributed by atoms with E-state index in [1.54, 1.807) is 25.1 Å². The van der Waals surface area contributed by atoms with Gasteiger partial charge in [0, 0.05) is 0 Å². The van der Waals surface area contributed by atoms with Crippen LogP contribution in [0.25, 0.3) is 0 Å². The van der Waals surface area contributed by atoms with Crippen LogP contribution in [0.5, 0.6) is 0 Å². The highest BCUT2D eigenvalue weighted by molar-refractivity contribution is 5.93. The van der Waals surface area contributed by atoms with Crippen molar-refractivity contribution in [2.45, 2.75) is 19.4 Å². The standard InChI is InChI=1S/C13H15NO5/c1-2-18-13(17)12(16)9-4-3-5-10(8-9)14-11(15)6-7-19-14/h3-5,8,12,16H,2,6-7H2,1H3. The van der Waals surface area contributed by atoms with Crippen molar-refractivity contribution in [3.05, 3.63) is 29.8 Å². The number of amides is 1. The molecule has 1 heterocycles. The van der Waals surface area contributed by atoms with Crippen LogP contribution in [0.15, 0.2) is 24.3 Å². The van der Waals surface area contributed by atoms with E-state index in [2.05, 4.69) is 0 Å². The highest BCUT2D eigenvalue weighted by atomic mass is 16.7. The van der Waals surface area contributed by atoms with Crippen LogP contribution in [0, 0.1) is 0 Å². The highest BCUT2D eigenvalue weighted by Gasteiger charge is 2.25. The van der Waals surface area contributed by atoms with Gasteiger partial charge in [-0.3, -0.25) is 9.63 Å². The Balaban J connectivity index is 2.19. The Morgan fingerprint density at radius 1 is 1.58 bits per heavy atom. The number of aliphatic hydroxyl groups is 1. The summed E-state index contributed by atoms with van der Waals surface area (Å²) in [6.45, 7) is 2.20. The molecule has 1 aliphatic heterocycles. The van der Waals surface area contributed by atoms with Crippen LogP contribution in [0.3, 0.4) is 0 Å². The van der Waals surface area contributed by atoms with Gasteiger partial charge in [-0.2, -0.15) is 5.06 Å². The number of rotatable bonds is 4. The van der Waals surface area contributed by atoms with Gasteiger partial charge >= 0.3 is 5.97 Å². The minimum atomic E-state index is -1.36. The van der Waals surface area contributed by atoms with E-state index in [9.17, 15) is 14.7 Å². The molecule has 1 saturated heterocycles. The maximum absolute atomic E-state index is 11.5. The third-order valence-corrected chi connectivity index (χ3v) is 2.69. The van der Waals surface area contributed by atoms with Crippen molar-refractivity contribution in [3.8, 4) is 0 Å². The molecular formula is C13H15NO5. The molecule has 1 aromatic rings. The summed E-state index contributed by atoms with van der Waals surface area (Å²) in [6.07, 6.45) is -1.04. The van der Waals surface area contributed by atoms with Crippen LogP contribution in [0.2, 0.25) is 0 Å². The molecule has 0 bridgehead atoms. The number of carbonyl (C=O) groups is 2. The van der Waals surface area contributed by atoms with Gasteiger partial charge in [-0.25, -0.2) is 4.79 Å². The minimum Gasteiger partial charge on any atom is -0.464 e. The Morgan fingerprint density at radius 2 is 2.37 bits per heavy atom. The first kappa shape index (κ1) is 13.5. The van der Waals surface area contributed by atoms with E-state index in [0.29, 0.717) is 24.3 Å². The van der Waals surface area contributed by atoms with Crippen molar-refractivity contribution >= 4 is 17.6 Å². The zero-order valence-corrected chi connectivity index (χ0v) is 10.5. The van der Waals surface area contributed by atoms with Gasteiger partial charge in [0.25, 0.3) is 5.91 Å². The topological polar surface area (TPSA) is 76.1 Å². The van der Waals surface area contributed by atoms with Crippen molar-refractivity contribution in [1.29, 1.82) is 0 Å². The molecule has 2 rings (SSSR count). The highest BCUT2D eigenvalue weighted by Crippen LogP contribution is 2.24. The number of anilines is 1. The van der Waals surface area contributed by atoms with Crippen LogP contribution < -0.4 is 5.06 Å². The summed E-state index contributed by atoms with van der Waals surface area (Å²) in [7, 11) is 0. The summed E-state index contributed by atoms with van der Waals surface area (Å²) in [5, 5.41) is 11.0. The molecule has 1 N–H and O–H groups in total. The Bertz CT molecular complexity index is 488. The summed E-state index contributed by atoms with van der Waals surface area (Å²) in [5.74, 6) is -0.865. The largest absolute Gasteiger partial charge is 0.464 e. The van der Waals surface area contributed by atoms with Crippen molar-refractivity contribution < 1.29 is 24.3 Å². The molecule has 102 valence electrons. The molecule has 0 spiro atoms. The second kappa shape index (κ2) is 5.81. The Labute approximate surface area is 110 Å². The smallest absolute Gasteiger partial charge is 0.339 e. The summed E-state index contributed by atoms with van der Waals surface area (Å²) < 4.78 is 4.74. The Hall–Kier alpha value is -1.92. The van der Waals surface area contributed by atoms with Gasteiger partial charge in [-0.15, -0.1) is 0 Å². The fourth-order valence-electron chi connectivity index (χ4n) is 1.79. The molecule has 1 fully saturated rings. The first-order valence-electron chi connectivity index (χ1n) is 6.04. The van der Waals surface area contributed by atoms with E-state index >= 15 is 0 Å². The lowest BCUT2D eigenvalue weighted by Gasteiger charge is -2.16. The van der Waals surface area contributed by atoms with E-state index in [1.807, 2.05) is 0 Å². The number of nitrogens with zero attached hydrogens (tertiary/aromatic N) is 1. The maximum Gasteiger partial charge on any atom is 0.339 e. The fourth-order valence-corrected chi connectivity index (χ4v) is 1.79. The SMILES string of the molecule is CCOC(=O)C(O)c1cccc(N2OCCC2=O)c1. The average molecular weight is 265 g/mol. The maximum atomic E-state index is 11.5. The molecule has 1 aromatic carbocycles. The van der Waals surface area contributed by atoms with E-state index in [1.165, 1.54) is 11.1 Å². The first-order chi connectivity index (χ1) is 9.13. The molecule has 0 aliphatic carbocycles. The zero-order chi connectivity index (χ0) is 13.8. The van der Waals surface area contributed by atoms with Crippen molar-refractivity contribution in [3.63, 3.8) is 0 Å². The molecule has 0 aromatic heterocycles. The van der Waals surface area contributed by atoms with Crippen LogP contribution in [0.1, 0.15) is 25.0 Å². The third-order valence-electron chi connectivity index (χ3n) is 2.69. The summed E-state index contributed by atoms with van der Waals surface area (Å²) >= 11 is 0. The molecule has 0 saturated carbocycles. The van der Waals surface area contributed by atoms with Gasteiger partial charge in [-0.1, -0.05) is 12.1 Å². The van der Waals surface area contributed by atoms with Crippen LogP contribution in [0.4, 0.5) is 5.69 Å². The lowest BCUT2D eigenvalue weighted by Crippen LogP contribution is -2.23. The third kappa shape index (κ3) is 2.91. The molecule has 6 nitrogen and oxygen atoms in total. The fraction of sp³-hybridized carbons (Fsp3) is 0.385. The van der Waals surface area contributed by atoms with E-state index in [-0.39, 0.29) is 12.5 Å². The number of aliphatic hydroxyl groups excluding tert-OH is 1. The van der Waals surface area contributed by atoms with E-state index in [4.69, 9.17) is 9.57 Å². The summed E-state index contributed by atoms with van der Waals surface area (Å²) in [4.78, 5) is 28.2. The van der Waals surface area contributed by atoms with Crippen molar-refractivity contribution in [2.24, 2.45) is 0 Å². The normalized spacial score (nSPS) is 16.5. The molecule has 19 heavy (non-hydrogen) atoms. The second-order valence-corrected chi connectivity index (χ2v) is 4.02. The molecule has 0 radical (unpaired) electrons. The molecule has 6 heteroatoms. The molecule has 1 amide bonds. The number of ether oxygens (including phenoxy) is 1. The van der Waals surface area contributed by atoms with Gasteiger partial charge in [0.2, 0.25) is 0 Å². The number of hydroxylamine groups is 1. The average Bonchev–Trinajstić information content (AvgIpc) is 2.84. The summed E-state index contributed by atoms with van der Waals surface area (Å²) in [5.41, 5.74) is 0.850. The van der Waals surface area contributed by atoms with Crippen molar-refractivity contribution in [1.82, 2.24) is 0 Å². The number of carbonyl (C=O) groups excluding carboxylic acids is 2. The van der Waals surface area contributed by atoms with Gasteiger partial charge in [0.1, 0.15) is 0 Å². The van der Waals surface area contributed by atoms with Gasteiger partial charge in [0.15, 0.2) is 6.10 Å². The second-order valence-electron chi connectivity index (χ2n) is 4.02. The van der Waals surface area contributed by atoms with E-state index in [0.717, 1.165) is 0 Å². The zero-order valence-electron chi connectivity index (χ0n) is 10.5. The number of esters is 1. The monoisotopic (exact) mass is 265 g/mol. The molecular weight excluding hydrogens is 250 g/mol. The molecule has 1 aliphatic rings. The van der Waals surface area contributed by atoms with E-state index < -0.39 is 12.1 Å². The number of hydrogen-bond acceptors (Lipinski definition) is 5. The van der Waals surface area contributed by atoms with Crippen LogP contribution in [-0.4, -0.2) is 30.2 Å². The predicted octanol–water partition coefficient (Wildman–Crippen LogP) is 0.951. The minimum absolute atomic E-state index is 0.150. The predicted molar refractivity (Wildman–Crippen MR) is 66.1 cm³/mol. The number of benzene rings is 1. The Kier molecular flexibility index (Phi) is 4.13. The lowest BCUT2D eigenvalue weighted by atomic mass is 10.1. The quantitative estimate of drug-likeness (QED) is 0.820. The Morgan fingerprint density at radius 3 is 3.00 bits per heavy atom. The van der Waals surface area contributed by atoms with Crippen LogP contribution >= 0.6 is 0 Å². The first-order valence-corrected chi connectivity index (χ1v) is 6.04.